The van der Waals surface area contributed by atoms with E-state index in [9.17, 15) is 14.7 Å². The van der Waals surface area contributed by atoms with Gasteiger partial charge in [0.1, 0.15) is 5.75 Å². The number of benzene rings is 1. The molecule has 0 fully saturated rings. The van der Waals surface area contributed by atoms with Crippen LogP contribution in [-0.2, 0) is 9.53 Å². The summed E-state index contributed by atoms with van der Waals surface area (Å²) in [5.41, 5.74) is 0.110. The Morgan fingerprint density at radius 3 is 2.74 bits per heavy atom. The highest BCUT2D eigenvalue weighted by atomic mass is 35.5. The lowest BCUT2D eigenvalue weighted by atomic mass is 10.1. The van der Waals surface area contributed by atoms with Crippen molar-refractivity contribution >= 4 is 23.5 Å². The number of phenolic OH excluding ortho intramolecular Hbond substituents is 1. The van der Waals surface area contributed by atoms with Crippen LogP contribution in [-0.4, -0.2) is 42.1 Å². The minimum absolute atomic E-state index is 0.109. The van der Waals surface area contributed by atoms with Crippen molar-refractivity contribution in [1.82, 2.24) is 4.90 Å². The van der Waals surface area contributed by atoms with E-state index >= 15 is 0 Å². The van der Waals surface area contributed by atoms with E-state index in [4.69, 9.17) is 16.3 Å². The fourth-order valence-corrected chi connectivity index (χ4v) is 1.65. The molecule has 1 aromatic rings. The van der Waals surface area contributed by atoms with Crippen LogP contribution in [0.5, 0.6) is 5.75 Å². The molecule has 0 aliphatic carbocycles. The van der Waals surface area contributed by atoms with Gasteiger partial charge in [-0.15, -0.1) is 0 Å². The van der Waals surface area contributed by atoms with E-state index in [-0.39, 0.29) is 30.2 Å². The van der Waals surface area contributed by atoms with E-state index in [1.54, 1.807) is 14.0 Å². The Hall–Kier alpha value is -1.75. The minimum atomic E-state index is -0.399. The predicted octanol–water partition coefficient (Wildman–Crippen LogP) is 2.07. The van der Waals surface area contributed by atoms with Crippen LogP contribution >= 0.6 is 11.6 Å². The Bertz CT molecular complexity index is 476. The van der Waals surface area contributed by atoms with E-state index in [0.717, 1.165) is 0 Å². The first-order valence-corrected chi connectivity index (χ1v) is 6.23. The number of carbonyl (C=O) groups is 2. The molecule has 1 aromatic carbocycles. The molecule has 104 valence electrons. The fraction of sp³-hybridized carbons (Fsp3) is 0.385. The van der Waals surface area contributed by atoms with Crippen molar-refractivity contribution in [1.29, 1.82) is 0 Å². The molecule has 0 saturated heterocycles. The van der Waals surface area contributed by atoms with Crippen LogP contribution in [0.15, 0.2) is 18.2 Å². The average Bonchev–Trinajstić information content (AvgIpc) is 2.38. The van der Waals surface area contributed by atoms with Gasteiger partial charge >= 0.3 is 5.97 Å². The molecule has 6 heteroatoms. The zero-order chi connectivity index (χ0) is 14.4. The van der Waals surface area contributed by atoms with Crippen LogP contribution in [0.25, 0.3) is 0 Å². The van der Waals surface area contributed by atoms with Crippen molar-refractivity contribution in [3.8, 4) is 5.75 Å². The second-order valence-corrected chi connectivity index (χ2v) is 4.38. The van der Waals surface area contributed by atoms with Crippen LogP contribution in [0, 0.1) is 0 Å². The number of hydrogen-bond donors (Lipinski definition) is 1. The highest BCUT2D eigenvalue weighted by Crippen LogP contribution is 2.22. The molecule has 0 spiro atoms. The Kier molecular flexibility index (Phi) is 5.63. The third kappa shape index (κ3) is 4.44. The van der Waals surface area contributed by atoms with Gasteiger partial charge in [-0.05, 0) is 25.1 Å². The number of esters is 1. The lowest BCUT2D eigenvalue weighted by Gasteiger charge is -2.17. The molecule has 0 radical (unpaired) electrons. The Balaban J connectivity index is 2.66. The maximum Gasteiger partial charge on any atom is 0.307 e. The molecular weight excluding hydrogens is 270 g/mol. The van der Waals surface area contributed by atoms with Crippen molar-refractivity contribution < 1.29 is 19.4 Å². The number of amides is 1. The molecule has 0 bridgehead atoms. The molecule has 0 aliphatic rings. The summed E-state index contributed by atoms with van der Waals surface area (Å²) in [6, 6.07) is 4.24. The maximum absolute atomic E-state index is 12.0. The summed E-state index contributed by atoms with van der Waals surface area (Å²) in [6.07, 6.45) is 0.109. The summed E-state index contributed by atoms with van der Waals surface area (Å²) in [5.74, 6) is -0.904. The zero-order valence-electron chi connectivity index (χ0n) is 10.9. The molecule has 19 heavy (non-hydrogen) atoms. The molecule has 1 N–H and O–H groups in total. The van der Waals surface area contributed by atoms with E-state index in [0.29, 0.717) is 11.6 Å². The van der Waals surface area contributed by atoms with Crippen molar-refractivity contribution in [2.45, 2.75) is 13.3 Å². The van der Waals surface area contributed by atoms with Crippen LogP contribution in [0.1, 0.15) is 23.7 Å². The van der Waals surface area contributed by atoms with Gasteiger partial charge in [-0.1, -0.05) is 11.6 Å². The van der Waals surface area contributed by atoms with Crippen LogP contribution in [0.3, 0.4) is 0 Å². The summed E-state index contributed by atoms with van der Waals surface area (Å²) >= 11 is 5.78. The topological polar surface area (TPSA) is 66.8 Å². The molecule has 5 nitrogen and oxygen atoms in total. The summed E-state index contributed by atoms with van der Waals surface area (Å²) in [6.45, 7) is 2.24. The van der Waals surface area contributed by atoms with Crippen LogP contribution < -0.4 is 0 Å². The van der Waals surface area contributed by atoms with Gasteiger partial charge < -0.3 is 14.7 Å². The summed E-state index contributed by atoms with van der Waals surface area (Å²) in [7, 11) is 1.54. The Morgan fingerprint density at radius 1 is 1.42 bits per heavy atom. The standard InChI is InChI=1S/C13H16ClNO4/c1-3-19-12(17)6-7-15(2)13(18)10-8-9(14)4-5-11(10)16/h4-5,8,16H,3,6-7H2,1-2H3. The number of hydrogen-bond acceptors (Lipinski definition) is 4. The van der Waals surface area contributed by atoms with E-state index in [1.807, 2.05) is 0 Å². The summed E-state index contributed by atoms with van der Waals surface area (Å²) < 4.78 is 4.77. The fourth-order valence-electron chi connectivity index (χ4n) is 1.48. The van der Waals surface area contributed by atoms with E-state index in [2.05, 4.69) is 0 Å². The van der Waals surface area contributed by atoms with Crippen molar-refractivity contribution in [2.75, 3.05) is 20.2 Å². The van der Waals surface area contributed by atoms with Gasteiger partial charge in [0.25, 0.3) is 5.91 Å². The number of aromatic hydroxyl groups is 1. The third-order valence-electron chi connectivity index (χ3n) is 2.49. The lowest BCUT2D eigenvalue weighted by molar-refractivity contribution is -0.143. The SMILES string of the molecule is CCOC(=O)CCN(C)C(=O)c1cc(Cl)ccc1O. The molecule has 0 atom stereocenters. The van der Waals surface area contributed by atoms with Gasteiger partial charge in [-0.2, -0.15) is 0 Å². The molecule has 0 aromatic heterocycles. The molecule has 0 heterocycles. The second-order valence-electron chi connectivity index (χ2n) is 3.94. The van der Waals surface area contributed by atoms with Crippen molar-refractivity contribution in [3.63, 3.8) is 0 Å². The molecule has 1 rings (SSSR count). The second kappa shape index (κ2) is 6.99. The smallest absolute Gasteiger partial charge is 0.307 e. The van der Waals surface area contributed by atoms with Crippen LogP contribution in [0.2, 0.25) is 5.02 Å². The largest absolute Gasteiger partial charge is 0.507 e. The van der Waals surface area contributed by atoms with Gasteiger partial charge in [0.15, 0.2) is 0 Å². The first kappa shape index (κ1) is 15.3. The maximum atomic E-state index is 12.0. The first-order chi connectivity index (χ1) is 8.95. The van der Waals surface area contributed by atoms with E-state index in [1.165, 1.54) is 23.1 Å². The Labute approximate surface area is 116 Å². The monoisotopic (exact) mass is 285 g/mol. The average molecular weight is 286 g/mol. The molecule has 0 aliphatic heterocycles. The molecule has 1 amide bonds. The lowest BCUT2D eigenvalue weighted by Crippen LogP contribution is -2.29. The van der Waals surface area contributed by atoms with Gasteiger partial charge in [0, 0.05) is 18.6 Å². The first-order valence-electron chi connectivity index (χ1n) is 5.85. The summed E-state index contributed by atoms with van der Waals surface area (Å²) in [5, 5.41) is 9.98. The number of rotatable bonds is 5. The number of nitrogens with zero attached hydrogens (tertiary/aromatic N) is 1. The van der Waals surface area contributed by atoms with Gasteiger partial charge in [-0.3, -0.25) is 9.59 Å². The Morgan fingerprint density at radius 2 is 2.11 bits per heavy atom. The molecule has 0 unspecified atom stereocenters. The number of phenols is 1. The molecular formula is C13H16ClNO4. The number of carbonyl (C=O) groups excluding carboxylic acids is 2. The van der Waals surface area contributed by atoms with Crippen LogP contribution in [0.4, 0.5) is 0 Å². The van der Waals surface area contributed by atoms with Crippen molar-refractivity contribution in [2.24, 2.45) is 0 Å². The summed E-state index contributed by atoms with van der Waals surface area (Å²) in [4.78, 5) is 24.6. The predicted molar refractivity (Wildman–Crippen MR) is 71.3 cm³/mol. The van der Waals surface area contributed by atoms with E-state index < -0.39 is 5.91 Å². The van der Waals surface area contributed by atoms with Gasteiger partial charge in [0.2, 0.25) is 0 Å². The molecule has 0 saturated carbocycles. The third-order valence-corrected chi connectivity index (χ3v) is 2.73. The quantitative estimate of drug-likeness (QED) is 0.841. The zero-order valence-corrected chi connectivity index (χ0v) is 11.6. The van der Waals surface area contributed by atoms with Gasteiger partial charge in [0.05, 0.1) is 18.6 Å². The van der Waals surface area contributed by atoms with Crippen molar-refractivity contribution in [3.05, 3.63) is 28.8 Å². The number of ether oxygens (including phenoxy) is 1. The number of halogens is 1. The minimum Gasteiger partial charge on any atom is -0.507 e. The highest BCUT2D eigenvalue weighted by Gasteiger charge is 2.17. The van der Waals surface area contributed by atoms with Gasteiger partial charge in [-0.25, -0.2) is 0 Å². The normalized spacial score (nSPS) is 10.1. The highest BCUT2D eigenvalue weighted by molar-refractivity contribution is 6.31.